The Balaban J connectivity index is 2.47. The van der Waals surface area contributed by atoms with Gasteiger partial charge in [0.05, 0.1) is 17.8 Å². The molecule has 0 fully saturated rings. The van der Waals surface area contributed by atoms with E-state index in [0.29, 0.717) is 23.6 Å². The number of halogens is 2. The predicted octanol–water partition coefficient (Wildman–Crippen LogP) is 3.66. The van der Waals surface area contributed by atoms with Gasteiger partial charge >= 0.3 is 0 Å². The third-order valence-electron chi connectivity index (χ3n) is 3.96. The Bertz CT molecular complexity index is 821. The van der Waals surface area contributed by atoms with Crippen LogP contribution in [0.15, 0.2) is 17.2 Å². The average molecular weight is 426 g/mol. The Morgan fingerprint density at radius 3 is 2.52 bits per heavy atom. The molecule has 2 aromatic rings. The number of aryl methyl sites for hydroxylation is 1. The van der Waals surface area contributed by atoms with Crippen molar-refractivity contribution in [3.63, 3.8) is 0 Å². The first-order valence-corrected chi connectivity index (χ1v) is 8.81. The fourth-order valence-electron chi connectivity index (χ4n) is 2.40. The molecule has 0 bridgehead atoms. The van der Waals surface area contributed by atoms with Gasteiger partial charge in [0.25, 0.3) is 0 Å². The lowest BCUT2D eigenvalue weighted by Crippen LogP contribution is -2.23. The molecule has 2 N–H and O–H groups in total. The van der Waals surface area contributed by atoms with E-state index in [9.17, 15) is 0 Å². The maximum absolute atomic E-state index is 6.33. The van der Waals surface area contributed by atoms with Crippen LogP contribution in [-0.2, 0) is 6.54 Å². The summed E-state index contributed by atoms with van der Waals surface area (Å²) in [4.78, 5) is 16.8. The molecular weight excluding hydrogens is 404 g/mol. The highest BCUT2D eigenvalue weighted by atomic mass is 79.9. The van der Waals surface area contributed by atoms with Crippen molar-refractivity contribution in [1.82, 2.24) is 19.9 Å². The number of nitrogen functional groups attached to an aromatic ring is 1. The molecule has 0 saturated carbocycles. The van der Waals surface area contributed by atoms with E-state index in [-0.39, 0.29) is 11.1 Å². The Morgan fingerprint density at radius 1 is 1.28 bits per heavy atom. The van der Waals surface area contributed by atoms with Crippen molar-refractivity contribution in [1.29, 1.82) is 0 Å². The summed E-state index contributed by atoms with van der Waals surface area (Å²) in [5.74, 6) is 0.742. The van der Waals surface area contributed by atoms with E-state index in [1.165, 1.54) is 0 Å². The summed E-state index contributed by atoms with van der Waals surface area (Å²) in [6.07, 6.45) is 1.85. The summed E-state index contributed by atoms with van der Waals surface area (Å²) in [5, 5.41) is 0.280. The number of anilines is 2. The highest BCUT2D eigenvalue weighted by molar-refractivity contribution is 9.10. The third-order valence-corrected chi connectivity index (χ3v) is 5.46. The standard InChI is InChI=1S/C17H22BrClN6/c1-9-7-21-12(10(2)14(9)18)8-25(6)16-13(11(3)24(4)5)15(19)22-17(20)23-16/h7H,3,8H2,1-2,4-6H3,(H2,20,22,23). The van der Waals surface area contributed by atoms with Crippen LogP contribution in [0, 0.1) is 13.8 Å². The van der Waals surface area contributed by atoms with Gasteiger partial charge in [-0.3, -0.25) is 4.98 Å². The number of nitrogens with two attached hydrogens (primary N) is 1. The molecule has 25 heavy (non-hydrogen) atoms. The Labute approximate surface area is 161 Å². The van der Waals surface area contributed by atoms with Crippen LogP contribution in [0.1, 0.15) is 22.4 Å². The summed E-state index contributed by atoms with van der Waals surface area (Å²) in [6.45, 7) is 8.68. The second-order valence-corrected chi connectivity index (χ2v) is 7.25. The molecule has 0 aliphatic heterocycles. The molecule has 6 nitrogen and oxygen atoms in total. The van der Waals surface area contributed by atoms with Crippen molar-refractivity contribution in [2.45, 2.75) is 20.4 Å². The first-order valence-electron chi connectivity index (χ1n) is 7.64. The van der Waals surface area contributed by atoms with E-state index in [1.807, 2.05) is 51.0 Å². The number of hydrogen-bond donors (Lipinski definition) is 1. The van der Waals surface area contributed by atoms with Crippen LogP contribution in [0.5, 0.6) is 0 Å². The molecule has 2 aromatic heterocycles. The molecule has 0 aliphatic carbocycles. The number of hydrogen-bond acceptors (Lipinski definition) is 6. The van der Waals surface area contributed by atoms with Gasteiger partial charge in [0.2, 0.25) is 5.95 Å². The molecule has 2 heterocycles. The molecule has 134 valence electrons. The number of pyridine rings is 1. The highest BCUT2D eigenvalue weighted by Crippen LogP contribution is 2.32. The van der Waals surface area contributed by atoms with Gasteiger partial charge in [0, 0.05) is 37.5 Å². The second-order valence-electron chi connectivity index (χ2n) is 6.10. The van der Waals surface area contributed by atoms with Crippen molar-refractivity contribution < 1.29 is 0 Å². The lowest BCUT2D eigenvalue weighted by atomic mass is 10.1. The first kappa shape index (κ1) is 19.5. The molecule has 0 atom stereocenters. The van der Waals surface area contributed by atoms with Gasteiger partial charge in [-0.25, -0.2) is 4.98 Å². The minimum atomic E-state index is 0.122. The van der Waals surface area contributed by atoms with Gasteiger partial charge in [-0.1, -0.05) is 34.1 Å². The summed E-state index contributed by atoms with van der Waals surface area (Å²) in [6, 6.07) is 0. The van der Waals surface area contributed by atoms with E-state index in [4.69, 9.17) is 17.3 Å². The lowest BCUT2D eigenvalue weighted by Gasteiger charge is -2.25. The molecule has 0 spiro atoms. The zero-order valence-electron chi connectivity index (χ0n) is 15.1. The summed E-state index contributed by atoms with van der Waals surface area (Å²) >= 11 is 9.94. The molecule has 8 heteroatoms. The summed E-state index contributed by atoms with van der Waals surface area (Å²) < 4.78 is 1.06. The largest absolute Gasteiger partial charge is 0.377 e. The van der Waals surface area contributed by atoms with Crippen LogP contribution in [0.25, 0.3) is 5.70 Å². The van der Waals surface area contributed by atoms with E-state index in [0.717, 1.165) is 21.3 Å². The van der Waals surface area contributed by atoms with Crippen molar-refractivity contribution in [2.75, 3.05) is 31.8 Å². The number of rotatable bonds is 5. The van der Waals surface area contributed by atoms with Gasteiger partial charge in [-0.2, -0.15) is 4.98 Å². The fourth-order valence-corrected chi connectivity index (χ4v) is 3.01. The van der Waals surface area contributed by atoms with Gasteiger partial charge in [-0.15, -0.1) is 0 Å². The summed E-state index contributed by atoms with van der Waals surface area (Å²) in [7, 11) is 5.70. The van der Waals surface area contributed by atoms with Crippen LogP contribution in [-0.4, -0.2) is 41.0 Å². The smallest absolute Gasteiger partial charge is 0.223 e. The molecule has 0 aromatic carbocycles. The minimum absolute atomic E-state index is 0.122. The second kappa shape index (κ2) is 7.58. The molecule has 2 rings (SSSR count). The molecular formula is C17H22BrClN6. The van der Waals surface area contributed by atoms with E-state index in [2.05, 4.69) is 37.5 Å². The van der Waals surface area contributed by atoms with Crippen molar-refractivity contribution in [3.05, 3.63) is 44.8 Å². The minimum Gasteiger partial charge on any atom is -0.377 e. The Kier molecular flexibility index (Phi) is 5.90. The number of nitrogens with zero attached hydrogens (tertiary/aromatic N) is 5. The lowest BCUT2D eigenvalue weighted by molar-refractivity contribution is 0.592. The molecule has 0 amide bonds. The maximum Gasteiger partial charge on any atom is 0.223 e. The normalized spacial score (nSPS) is 10.7. The Morgan fingerprint density at radius 2 is 1.92 bits per heavy atom. The number of aromatic nitrogens is 3. The van der Waals surface area contributed by atoms with Crippen LogP contribution in [0.3, 0.4) is 0 Å². The SMILES string of the molecule is C=C(c1c(Cl)nc(N)nc1N(C)Cc1ncc(C)c(Br)c1C)N(C)C. The van der Waals surface area contributed by atoms with Crippen molar-refractivity contribution in [2.24, 2.45) is 0 Å². The monoisotopic (exact) mass is 424 g/mol. The topological polar surface area (TPSA) is 71.2 Å². The first-order chi connectivity index (χ1) is 11.6. The quantitative estimate of drug-likeness (QED) is 0.737. The molecule has 0 saturated heterocycles. The van der Waals surface area contributed by atoms with Crippen LogP contribution < -0.4 is 10.6 Å². The zero-order chi connectivity index (χ0) is 18.9. The van der Waals surface area contributed by atoms with Crippen molar-refractivity contribution in [3.8, 4) is 0 Å². The van der Waals surface area contributed by atoms with Gasteiger partial charge < -0.3 is 15.5 Å². The molecule has 0 unspecified atom stereocenters. The molecule has 0 aliphatic rings. The van der Waals surface area contributed by atoms with E-state index >= 15 is 0 Å². The Hall–Kier alpha value is -1.86. The van der Waals surface area contributed by atoms with Gasteiger partial charge in [-0.05, 0) is 25.0 Å². The molecule has 0 radical (unpaired) electrons. The predicted molar refractivity (Wildman–Crippen MR) is 108 cm³/mol. The van der Waals surface area contributed by atoms with Crippen LogP contribution in [0.2, 0.25) is 5.15 Å². The fraction of sp³-hybridized carbons (Fsp3) is 0.353. The van der Waals surface area contributed by atoms with E-state index in [1.54, 1.807) is 0 Å². The maximum atomic E-state index is 6.33. The highest BCUT2D eigenvalue weighted by Gasteiger charge is 2.20. The van der Waals surface area contributed by atoms with Crippen molar-refractivity contribution >= 4 is 45.0 Å². The summed E-state index contributed by atoms with van der Waals surface area (Å²) in [5.41, 5.74) is 10.3. The van der Waals surface area contributed by atoms with Crippen LogP contribution in [0.4, 0.5) is 11.8 Å². The van der Waals surface area contributed by atoms with Crippen LogP contribution >= 0.6 is 27.5 Å². The van der Waals surface area contributed by atoms with Gasteiger partial charge in [0.1, 0.15) is 11.0 Å². The van der Waals surface area contributed by atoms with Gasteiger partial charge in [0.15, 0.2) is 0 Å². The zero-order valence-corrected chi connectivity index (χ0v) is 17.4. The van der Waals surface area contributed by atoms with E-state index < -0.39 is 0 Å². The third kappa shape index (κ3) is 4.04. The average Bonchev–Trinajstić information content (AvgIpc) is 2.54.